The molecule has 134 valence electrons. The highest BCUT2D eigenvalue weighted by atomic mass is 16.3. The first-order valence-corrected chi connectivity index (χ1v) is 9.08. The molecular formula is C20H23N5O. The fourth-order valence-corrected chi connectivity index (χ4v) is 3.64. The number of aliphatic hydroxyl groups is 1. The molecule has 6 nitrogen and oxygen atoms in total. The molecule has 1 atom stereocenters. The van der Waals surface area contributed by atoms with Gasteiger partial charge in [0.2, 0.25) is 0 Å². The van der Waals surface area contributed by atoms with Crippen molar-refractivity contribution in [3.05, 3.63) is 72.1 Å². The summed E-state index contributed by atoms with van der Waals surface area (Å²) in [6.07, 6.45) is 2.43. The van der Waals surface area contributed by atoms with Gasteiger partial charge in [0, 0.05) is 6.54 Å². The van der Waals surface area contributed by atoms with Gasteiger partial charge in [0.05, 0.1) is 17.8 Å². The van der Waals surface area contributed by atoms with E-state index in [0.29, 0.717) is 13.0 Å². The molecule has 0 radical (unpaired) electrons. The van der Waals surface area contributed by atoms with Crippen molar-refractivity contribution < 1.29 is 5.11 Å². The quantitative estimate of drug-likeness (QED) is 0.784. The van der Waals surface area contributed by atoms with E-state index in [2.05, 4.69) is 20.4 Å². The Morgan fingerprint density at radius 3 is 2.42 bits per heavy atom. The Labute approximate surface area is 153 Å². The molecule has 0 amide bonds. The molecule has 1 unspecified atom stereocenters. The van der Waals surface area contributed by atoms with E-state index < -0.39 is 5.60 Å². The van der Waals surface area contributed by atoms with Crippen molar-refractivity contribution in [1.82, 2.24) is 25.1 Å². The van der Waals surface area contributed by atoms with E-state index >= 15 is 0 Å². The number of aromatic nitrogens is 4. The van der Waals surface area contributed by atoms with Crippen LogP contribution >= 0.6 is 0 Å². The zero-order chi connectivity index (χ0) is 17.8. The third kappa shape index (κ3) is 3.52. The van der Waals surface area contributed by atoms with Gasteiger partial charge < -0.3 is 5.11 Å². The van der Waals surface area contributed by atoms with Crippen LogP contribution < -0.4 is 0 Å². The van der Waals surface area contributed by atoms with Gasteiger partial charge in [-0.3, -0.25) is 4.90 Å². The first-order chi connectivity index (χ1) is 12.7. The lowest BCUT2D eigenvalue weighted by Gasteiger charge is -2.27. The van der Waals surface area contributed by atoms with Gasteiger partial charge in [-0.25, -0.2) is 0 Å². The summed E-state index contributed by atoms with van der Waals surface area (Å²) in [5, 5.41) is 23.3. The molecule has 3 aromatic rings. The molecule has 6 heteroatoms. The minimum Gasteiger partial charge on any atom is -0.385 e. The zero-order valence-electron chi connectivity index (χ0n) is 14.7. The maximum atomic E-state index is 11.1. The monoisotopic (exact) mass is 349 g/mol. The Balaban J connectivity index is 1.47. The normalized spacial score (nSPS) is 21.4. The van der Waals surface area contributed by atoms with Crippen molar-refractivity contribution in [2.24, 2.45) is 0 Å². The Bertz CT molecular complexity index is 836. The summed E-state index contributed by atoms with van der Waals surface area (Å²) in [6.45, 7) is 2.41. The Morgan fingerprint density at radius 1 is 0.923 bits per heavy atom. The summed E-state index contributed by atoms with van der Waals surface area (Å²) >= 11 is 0. The topological polar surface area (TPSA) is 67.1 Å². The second kappa shape index (κ2) is 7.35. The highest BCUT2D eigenvalue weighted by Crippen LogP contribution is 2.32. The highest BCUT2D eigenvalue weighted by Gasteiger charge is 2.32. The summed E-state index contributed by atoms with van der Waals surface area (Å²) in [5.41, 5.74) is 1.22. The van der Waals surface area contributed by atoms with E-state index in [-0.39, 0.29) is 0 Å². The number of hydrogen-bond acceptors (Lipinski definition) is 5. The minimum atomic E-state index is -0.749. The summed E-state index contributed by atoms with van der Waals surface area (Å²) in [4.78, 5) is 2.33. The first-order valence-electron chi connectivity index (χ1n) is 9.08. The van der Waals surface area contributed by atoms with Crippen LogP contribution in [0.25, 0.3) is 5.69 Å². The molecule has 1 N–H and O–H groups in total. The molecule has 0 aliphatic carbocycles. The van der Waals surface area contributed by atoms with Crippen LogP contribution in [0, 0.1) is 0 Å². The van der Waals surface area contributed by atoms with Crippen molar-refractivity contribution in [2.45, 2.75) is 31.4 Å². The van der Waals surface area contributed by atoms with Crippen molar-refractivity contribution >= 4 is 0 Å². The molecule has 1 aromatic heterocycles. The number of para-hydroxylation sites is 1. The zero-order valence-corrected chi connectivity index (χ0v) is 14.7. The molecule has 0 saturated carbocycles. The van der Waals surface area contributed by atoms with Crippen molar-refractivity contribution in [3.63, 3.8) is 0 Å². The molecule has 1 aliphatic rings. The van der Waals surface area contributed by atoms with Crippen LogP contribution in [-0.2, 0) is 12.1 Å². The Hall–Kier alpha value is -2.57. The molecule has 1 saturated heterocycles. The van der Waals surface area contributed by atoms with Crippen molar-refractivity contribution in [2.75, 3.05) is 13.1 Å². The van der Waals surface area contributed by atoms with Gasteiger partial charge in [0.1, 0.15) is 0 Å². The van der Waals surface area contributed by atoms with Crippen LogP contribution in [-0.4, -0.2) is 43.3 Å². The van der Waals surface area contributed by atoms with Crippen molar-refractivity contribution in [1.29, 1.82) is 0 Å². The lowest BCUT2D eigenvalue weighted by molar-refractivity contribution is 0.0209. The molecule has 1 fully saturated rings. The molecule has 2 heterocycles. The van der Waals surface area contributed by atoms with Gasteiger partial charge in [-0.15, -0.1) is 5.10 Å². The molecular weight excluding hydrogens is 326 g/mol. The summed E-state index contributed by atoms with van der Waals surface area (Å²) in [6, 6.07) is 19.9. The summed E-state index contributed by atoms with van der Waals surface area (Å²) in [5.74, 6) is 0.821. The van der Waals surface area contributed by atoms with Gasteiger partial charge in [0.15, 0.2) is 5.82 Å². The molecule has 0 bridgehead atoms. The predicted molar refractivity (Wildman–Crippen MR) is 98.6 cm³/mol. The number of nitrogens with zero attached hydrogens (tertiary/aromatic N) is 5. The van der Waals surface area contributed by atoms with Gasteiger partial charge >= 0.3 is 0 Å². The second-order valence-electron chi connectivity index (χ2n) is 6.87. The number of rotatable bonds is 4. The maximum Gasteiger partial charge on any atom is 0.170 e. The van der Waals surface area contributed by atoms with E-state index in [9.17, 15) is 5.11 Å². The van der Waals surface area contributed by atoms with E-state index in [4.69, 9.17) is 0 Å². The van der Waals surface area contributed by atoms with E-state index in [1.165, 1.54) is 0 Å². The maximum absolute atomic E-state index is 11.1. The molecule has 0 spiro atoms. The fraction of sp³-hybridized carbons (Fsp3) is 0.350. The average molecular weight is 349 g/mol. The van der Waals surface area contributed by atoms with Gasteiger partial charge in [-0.1, -0.05) is 48.5 Å². The standard InChI is InChI=1S/C20H23N5O/c26-20(17-8-3-1-4-9-17)12-7-14-24(15-13-20)16-19-21-22-23-25(19)18-10-5-2-6-11-18/h1-6,8-11,26H,7,12-16H2. The van der Waals surface area contributed by atoms with Gasteiger partial charge in [-0.2, -0.15) is 4.68 Å². The lowest BCUT2D eigenvalue weighted by Crippen LogP contribution is -2.29. The summed E-state index contributed by atoms with van der Waals surface area (Å²) in [7, 11) is 0. The van der Waals surface area contributed by atoms with Crippen LogP contribution in [0.4, 0.5) is 0 Å². The Kier molecular flexibility index (Phi) is 4.77. The molecule has 1 aliphatic heterocycles. The Morgan fingerprint density at radius 2 is 1.65 bits per heavy atom. The number of likely N-dealkylation sites (tertiary alicyclic amines) is 1. The lowest BCUT2D eigenvalue weighted by atomic mass is 9.87. The fourth-order valence-electron chi connectivity index (χ4n) is 3.64. The van der Waals surface area contributed by atoms with Crippen LogP contribution in [0.15, 0.2) is 60.7 Å². The molecule has 4 rings (SSSR count). The van der Waals surface area contributed by atoms with E-state index in [0.717, 1.165) is 43.0 Å². The van der Waals surface area contributed by atoms with E-state index in [1.807, 2.05) is 60.7 Å². The largest absolute Gasteiger partial charge is 0.385 e. The number of hydrogen-bond donors (Lipinski definition) is 1. The third-order valence-electron chi connectivity index (χ3n) is 5.12. The van der Waals surface area contributed by atoms with Gasteiger partial charge in [0.25, 0.3) is 0 Å². The minimum absolute atomic E-state index is 0.673. The van der Waals surface area contributed by atoms with Crippen LogP contribution in [0.2, 0.25) is 0 Å². The van der Waals surface area contributed by atoms with Crippen LogP contribution in [0.3, 0.4) is 0 Å². The second-order valence-corrected chi connectivity index (χ2v) is 6.87. The smallest absolute Gasteiger partial charge is 0.170 e. The summed E-state index contributed by atoms with van der Waals surface area (Å²) < 4.78 is 1.79. The number of benzene rings is 2. The number of tetrazole rings is 1. The first kappa shape index (κ1) is 16.9. The molecule has 26 heavy (non-hydrogen) atoms. The molecule has 2 aromatic carbocycles. The highest BCUT2D eigenvalue weighted by molar-refractivity contribution is 5.30. The van der Waals surface area contributed by atoms with Crippen molar-refractivity contribution in [3.8, 4) is 5.69 Å². The van der Waals surface area contributed by atoms with E-state index in [1.54, 1.807) is 4.68 Å². The third-order valence-corrected chi connectivity index (χ3v) is 5.12. The SMILES string of the molecule is OC1(c2ccccc2)CCCN(Cc2nnnn2-c2ccccc2)CC1. The average Bonchev–Trinajstić information content (AvgIpc) is 3.07. The van der Waals surface area contributed by atoms with Crippen LogP contribution in [0.5, 0.6) is 0 Å². The van der Waals surface area contributed by atoms with Gasteiger partial charge in [-0.05, 0) is 53.9 Å². The predicted octanol–water partition coefficient (Wildman–Crippen LogP) is 2.54. The van der Waals surface area contributed by atoms with Crippen LogP contribution in [0.1, 0.15) is 30.7 Å².